The molecule has 1 aliphatic rings. The maximum absolute atomic E-state index is 4.55. The molecule has 0 fully saturated rings. The molecule has 0 spiro atoms. The molecule has 102 valence electrons. The van der Waals surface area contributed by atoms with E-state index >= 15 is 0 Å². The predicted molar refractivity (Wildman–Crippen MR) is 83.8 cm³/mol. The number of rotatable bonds is 1. The topological polar surface area (TPSA) is 16.8 Å². The van der Waals surface area contributed by atoms with Crippen LogP contribution >= 0.6 is 0 Å². The lowest BCUT2D eigenvalue weighted by Gasteiger charge is -2.07. The van der Waals surface area contributed by atoms with Gasteiger partial charge in [-0.05, 0) is 36.2 Å². The Hall–Kier alpha value is -2.48. The van der Waals surface area contributed by atoms with Crippen LogP contribution in [0.4, 0.5) is 0 Å². The first kappa shape index (κ1) is 12.3. The summed E-state index contributed by atoms with van der Waals surface area (Å²) in [6.07, 6.45) is 2.85. The van der Waals surface area contributed by atoms with Crippen LogP contribution in [0.1, 0.15) is 16.8 Å². The number of hydrogen-bond acceptors (Lipinski definition) is 1. The Labute approximate surface area is 124 Å². The third-order valence-electron chi connectivity index (χ3n) is 4.41. The Balaban J connectivity index is 1.93. The Kier molecular flexibility index (Phi) is 2.64. The van der Waals surface area contributed by atoms with E-state index in [1.165, 1.54) is 33.6 Å². The molecule has 0 aliphatic heterocycles. The molecular weight excluding hydrogens is 256 g/mol. The van der Waals surface area contributed by atoms with Gasteiger partial charge in [-0.2, -0.15) is 4.57 Å². The smallest absolute Gasteiger partial charge is 0.212 e. The van der Waals surface area contributed by atoms with Crippen molar-refractivity contribution in [3.05, 3.63) is 71.5 Å². The summed E-state index contributed by atoms with van der Waals surface area (Å²) < 4.78 is 2.32. The highest BCUT2D eigenvalue weighted by molar-refractivity contribution is 5.72. The lowest BCUT2D eigenvalue weighted by atomic mass is 10.0. The average Bonchev–Trinajstić information content (AvgIpc) is 2.89. The van der Waals surface area contributed by atoms with Crippen LogP contribution in [0.25, 0.3) is 22.5 Å². The predicted octanol–water partition coefficient (Wildman–Crippen LogP) is 3.45. The highest BCUT2D eigenvalue weighted by atomic mass is 15.0. The van der Waals surface area contributed by atoms with Crippen molar-refractivity contribution in [2.45, 2.75) is 13.3 Å². The van der Waals surface area contributed by atoms with E-state index in [1.54, 1.807) is 0 Å². The van der Waals surface area contributed by atoms with Gasteiger partial charge in [0.2, 0.25) is 5.69 Å². The van der Waals surface area contributed by atoms with Crippen molar-refractivity contribution in [1.82, 2.24) is 4.98 Å². The van der Waals surface area contributed by atoms with Crippen LogP contribution in [0.5, 0.6) is 0 Å². The average molecular weight is 273 g/mol. The van der Waals surface area contributed by atoms with E-state index in [2.05, 4.69) is 66.0 Å². The van der Waals surface area contributed by atoms with Crippen molar-refractivity contribution in [3.8, 4) is 22.5 Å². The van der Waals surface area contributed by atoms with E-state index in [1.807, 2.05) is 12.3 Å². The third kappa shape index (κ3) is 1.79. The third-order valence-corrected chi connectivity index (χ3v) is 4.41. The Bertz CT molecular complexity index is 850. The van der Waals surface area contributed by atoms with Crippen molar-refractivity contribution >= 4 is 0 Å². The van der Waals surface area contributed by atoms with E-state index in [4.69, 9.17) is 0 Å². The quantitative estimate of drug-likeness (QED) is 0.485. The zero-order valence-corrected chi connectivity index (χ0v) is 12.3. The summed E-state index contributed by atoms with van der Waals surface area (Å²) in [5, 5.41) is 0. The number of fused-ring (bicyclic) bond motifs is 3. The van der Waals surface area contributed by atoms with Crippen LogP contribution in [0.3, 0.4) is 0 Å². The van der Waals surface area contributed by atoms with Gasteiger partial charge >= 0.3 is 0 Å². The first-order valence-corrected chi connectivity index (χ1v) is 7.28. The van der Waals surface area contributed by atoms with Crippen molar-refractivity contribution in [3.63, 3.8) is 0 Å². The molecule has 0 saturated carbocycles. The number of benzene rings is 1. The van der Waals surface area contributed by atoms with Crippen LogP contribution in [-0.2, 0) is 13.5 Å². The van der Waals surface area contributed by atoms with Gasteiger partial charge in [-0.3, -0.25) is 4.98 Å². The zero-order chi connectivity index (χ0) is 14.4. The fourth-order valence-corrected chi connectivity index (χ4v) is 3.26. The molecule has 4 rings (SSSR count). The number of aromatic nitrogens is 2. The van der Waals surface area contributed by atoms with Gasteiger partial charge in [0.25, 0.3) is 0 Å². The minimum absolute atomic E-state index is 0.967. The second kappa shape index (κ2) is 4.52. The van der Waals surface area contributed by atoms with Crippen molar-refractivity contribution in [2.75, 3.05) is 0 Å². The maximum Gasteiger partial charge on any atom is 0.212 e. The Morgan fingerprint density at radius 3 is 2.67 bits per heavy atom. The molecule has 0 atom stereocenters. The molecule has 0 amide bonds. The molecular formula is C19H17N2+. The fourth-order valence-electron chi connectivity index (χ4n) is 3.26. The maximum atomic E-state index is 4.55. The summed E-state index contributed by atoms with van der Waals surface area (Å²) in [7, 11) is 2.16. The zero-order valence-electron chi connectivity index (χ0n) is 12.3. The standard InChI is InChI=1S/C19H17N2/c1-13-6-3-4-8-15(13)17-10-9-16-18(21(17)2)12-14-7-5-11-20-19(14)16/h3-11H,12H2,1-2H3/q+1. The van der Waals surface area contributed by atoms with Gasteiger partial charge in [-0.15, -0.1) is 0 Å². The molecule has 0 saturated heterocycles. The summed E-state index contributed by atoms with van der Waals surface area (Å²) in [4.78, 5) is 4.55. The molecule has 0 N–H and O–H groups in total. The summed E-state index contributed by atoms with van der Waals surface area (Å²) in [6, 6.07) is 17.2. The molecule has 0 radical (unpaired) electrons. The number of hydrogen-bond donors (Lipinski definition) is 0. The Morgan fingerprint density at radius 1 is 0.952 bits per heavy atom. The molecule has 2 aromatic heterocycles. The number of pyridine rings is 2. The normalized spacial score (nSPS) is 12.1. The van der Waals surface area contributed by atoms with E-state index < -0.39 is 0 Å². The minimum Gasteiger partial charge on any atom is -0.256 e. The van der Waals surface area contributed by atoms with Gasteiger partial charge in [0, 0.05) is 17.8 Å². The SMILES string of the molecule is Cc1ccccc1-c1ccc2c([n+]1C)Cc1cccnc1-2. The summed E-state index contributed by atoms with van der Waals surface area (Å²) in [5.41, 5.74) is 8.95. The van der Waals surface area contributed by atoms with Crippen LogP contribution < -0.4 is 4.57 Å². The second-order valence-electron chi connectivity index (χ2n) is 5.64. The molecule has 1 aromatic carbocycles. The largest absolute Gasteiger partial charge is 0.256 e. The van der Waals surface area contributed by atoms with Crippen LogP contribution in [0.2, 0.25) is 0 Å². The van der Waals surface area contributed by atoms with Crippen molar-refractivity contribution in [2.24, 2.45) is 7.05 Å². The fraction of sp³-hybridized carbons (Fsp3) is 0.158. The van der Waals surface area contributed by atoms with Gasteiger partial charge < -0.3 is 0 Å². The molecule has 21 heavy (non-hydrogen) atoms. The van der Waals surface area contributed by atoms with E-state index in [-0.39, 0.29) is 0 Å². The van der Waals surface area contributed by atoms with E-state index in [0.29, 0.717) is 0 Å². The molecule has 2 nitrogen and oxygen atoms in total. The van der Waals surface area contributed by atoms with Gasteiger partial charge in [0.1, 0.15) is 7.05 Å². The van der Waals surface area contributed by atoms with Crippen molar-refractivity contribution < 1.29 is 4.57 Å². The van der Waals surface area contributed by atoms with E-state index in [9.17, 15) is 0 Å². The minimum atomic E-state index is 0.967. The summed E-state index contributed by atoms with van der Waals surface area (Å²) in [6.45, 7) is 2.17. The lowest BCUT2D eigenvalue weighted by molar-refractivity contribution is -0.666. The molecule has 0 bridgehead atoms. The van der Waals surface area contributed by atoms with Gasteiger partial charge in [0.05, 0.1) is 17.7 Å². The van der Waals surface area contributed by atoms with Gasteiger partial charge in [-0.1, -0.05) is 24.3 Å². The molecule has 2 heteroatoms. The molecule has 1 aliphatic carbocycles. The Morgan fingerprint density at radius 2 is 1.81 bits per heavy atom. The summed E-state index contributed by atoms with van der Waals surface area (Å²) >= 11 is 0. The monoisotopic (exact) mass is 273 g/mol. The molecule has 3 aromatic rings. The van der Waals surface area contributed by atoms with Crippen LogP contribution in [0, 0.1) is 6.92 Å². The first-order chi connectivity index (χ1) is 10.3. The summed E-state index contributed by atoms with van der Waals surface area (Å²) in [5.74, 6) is 0. The van der Waals surface area contributed by atoms with Crippen LogP contribution in [-0.4, -0.2) is 4.98 Å². The van der Waals surface area contributed by atoms with Crippen LogP contribution in [0.15, 0.2) is 54.7 Å². The molecule has 2 heterocycles. The highest BCUT2D eigenvalue weighted by Crippen LogP contribution is 2.34. The van der Waals surface area contributed by atoms with Gasteiger partial charge in [0.15, 0.2) is 5.69 Å². The molecule has 0 unspecified atom stereocenters. The first-order valence-electron chi connectivity index (χ1n) is 7.28. The highest BCUT2D eigenvalue weighted by Gasteiger charge is 2.29. The lowest BCUT2D eigenvalue weighted by Crippen LogP contribution is -2.36. The number of nitrogens with zero attached hydrogens (tertiary/aromatic N) is 2. The number of aryl methyl sites for hydroxylation is 1. The van der Waals surface area contributed by atoms with Gasteiger partial charge in [-0.25, -0.2) is 0 Å². The second-order valence-corrected chi connectivity index (χ2v) is 5.64. The van der Waals surface area contributed by atoms with E-state index in [0.717, 1.165) is 12.1 Å². The van der Waals surface area contributed by atoms with Crippen molar-refractivity contribution in [1.29, 1.82) is 0 Å².